The maximum Gasteiger partial charge on any atom is 0.200 e. The maximum atomic E-state index is 4.72. The lowest BCUT2D eigenvalue weighted by atomic mass is 10.2. The van der Waals surface area contributed by atoms with E-state index in [1.165, 1.54) is 0 Å². The molecule has 7 nitrogen and oxygen atoms in total. The van der Waals surface area contributed by atoms with Crippen molar-refractivity contribution < 1.29 is 0 Å². The maximum absolute atomic E-state index is 4.72. The van der Waals surface area contributed by atoms with Crippen LogP contribution in [0.15, 0.2) is 60.9 Å². The first kappa shape index (κ1) is 14.6. The second-order valence-electron chi connectivity index (χ2n) is 6.08. The van der Waals surface area contributed by atoms with E-state index in [0.717, 1.165) is 39.3 Å². The molecule has 1 aromatic carbocycles. The third kappa shape index (κ3) is 2.46. The molecule has 0 spiro atoms. The van der Waals surface area contributed by atoms with Gasteiger partial charge in [-0.3, -0.25) is 5.10 Å². The Kier molecular flexibility index (Phi) is 3.18. The number of rotatable bonds is 3. The lowest BCUT2D eigenvalue weighted by Crippen LogP contribution is -2.04. The Morgan fingerprint density at radius 2 is 2.00 bits per heavy atom. The molecule has 0 fully saturated rings. The minimum Gasteiger partial charge on any atom is -0.338 e. The number of fused-ring (bicyclic) bond motifs is 2. The Hall–Kier alpha value is -3.74. The van der Waals surface area contributed by atoms with Gasteiger partial charge in [-0.2, -0.15) is 5.10 Å². The summed E-state index contributed by atoms with van der Waals surface area (Å²) in [4.78, 5) is 9.26. The zero-order valence-electron chi connectivity index (χ0n) is 14.0. The van der Waals surface area contributed by atoms with Crippen molar-refractivity contribution in [3.63, 3.8) is 0 Å². The van der Waals surface area contributed by atoms with Gasteiger partial charge in [-0.15, -0.1) is 5.10 Å². The minimum absolute atomic E-state index is 0.573. The van der Waals surface area contributed by atoms with Gasteiger partial charge in [0.15, 0.2) is 5.82 Å². The molecule has 0 saturated heterocycles. The molecule has 126 valence electrons. The predicted molar refractivity (Wildman–Crippen MR) is 100 cm³/mol. The van der Waals surface area contributed by atoms with Crippen LogP contribution in [0.2, 0.25) is 0 Å². The van der Waals surface area contributed by atoms with Crippen LogP contribution < -0.4 is 5.32 Å². The second kappa shape index (κ2) is 5.66. The SMILES string of the molecule is Cc1cccc(-c2nc(Nc3ccc4[nH]ncc4c3)c3cccn3n2)n1. The molecule has 4 heterocycles. The molecule has 0 aliphatic carbocycles. The Bertz CT molecular complexity index is 1240. The molecular formula is C19H15N7. The van der Waals surface area contributed by atoms with Crippen molar-refractivity contribution in [1.29, 1.82) is 0 Å². The molecule has 26 heavy (non-hydrogen) atoms. The highest BCUT2D eigenvalue weighted by Gasteiger charge is 2.11. The van der Waals surface area contributed by atoms with E-state index < -0.39 is 0 Å². The molecule has 0 radical (unpaired) electrons. The fourth-order valence-electron chi connectivity index (χ4n) is 2.96. The number of pyridine rings is 1. The van der Waals surface area contributed by atoms with Gasteiger partial charge in [0.1, 0.15) is 11.2 Å². The number of nitrogens with zero attached hydrogens (tertiary/aromatic N) is 5. The second-order valence-corrected chi connectivity index (χ2v) is 6.08. The first-order valence-electron chi connectivity index (χ1n) is 8.26. The van der Waals surface area contributed by atoms with Gasteiger partial charge in [0, 0.05) is 23.0 Å². The van der Waals surface area contributed by atoms with Gasteiger partial charge >= 0.3 is 0 Å². The molecule has 0 atom stereocenters. The van der Waals surface area contributed by atoms with Gasteiger partial charge < -0.3 is 5.32 Å². The van der Waals surface area contributed by atoms with Gasteiger partial charge in [-0.25, -0.2) is 14.5 Å². The molecule has 0 aliphatic heterocycles. The van der Waals surface area contributed by atoms with E-state index in [1.54, 1.807) is 6.20 Å². The van der Waals surface area contributed by atoms with Crippen LogP contribution in [0.3, 0.4) is 0 Å². The normalized spacial score (nSPS) is 11.3. The van der Waals surface area contributed by atoms with E-state index in [-0.39, 0.29) is 0 Å². The summed E-state index contributed by atoms with van der Waals surface area (Å²) >= 11 is 0. The predicted octanol–water partition coefficient (Wildman–Crippen LogP) is 3.72. The molecule has 2 N–H and O–H groups in total. The smallest absolute Gasteiger partial charge is 0.200 e. The van der Waals surface area contributed by atoms with Crippen molar-refractivity contribution in [1.82, 2.24) is 29.8 Å². The standard InChI is InChI=1S/C19H15N7/c1-12-4-2-5-16(21-12)18-23-19(17-6-3-9-26(17)25-18)22-14-7-8-15-13(10-14)11-20-24-15/h2-11H,1H3,(H,20,24)(H,22,23,25). The monoisotopic (exact) mass is 341 g/mol. The van der Waals surface area contributed by atoms with Crippen molar-refractivity contribution in [2.75, 3.05) is 5.32 Å². The van der Waals surface area contributed by atoms with Crippen LogP contribution in [0.5, 0.6) is 0 Å². The van der Waals surface area contributed by atoms with Crippen LogP contribution in [0.1, 0.15) is 5.69 Å². The average molecular weight is 341 g/mol. The molecule has 0 aliphatic rings. The summed E-state index contributed by atoms with van der Waals surface area (Å²) in [5.74, 6) is 1.30. The number of hydrogen-bond acceptors (Lipinski definition) is 5. The van der Waals surface area contributed by atoms with E-state index >= 15 is 0 Å². The third-order valence-corrected chi connectivity index (χ3v) is 4.21. The van der Waals surface area contributed by atoms with E-state index in [2.05, 4.69) is 25.6 Å². The highest BCUT2D eigenvalue weighted by molar-refractivity contribution is 5.84. The molecule has 4 aromatic heterocycles. The number of aromatic amines is 1. The van der Waals surface area contributed by atoms with Crippen LogP contribution in [0, 0.1) is 6.92 Å². The number of nitrogens with one attached hydrogen (secondary N) is 2. The Morgan fingerprint density at radius 3 is 2.92 bits per heavy atom. The van der Waals surface area contributed by atoms with Crippen LogP contribution in [-0.4, -0.2) is 29.8 Å². The summed E-state index contributed by atoms with van der Waals surface area (Å²) in [6, 6.07) is 15.8. The number of hydrogen-bond donors (Lipinski definition) is 2. The van der Waals surface area contributed by atoms with Gasteiger partial charge in [0.2, 0.25) is 5.82 Å². The number of H-pyrrole nitrogens is 1. The molecule has 5 rings (SSSR count). The van der Waals surface area contributed by atoms with E-state index in [9.17, 15) is 0 Å². The quantitative estimate of drug-likeness (QED) is 0.522. The summed E-state index contributed by atoms with van der Waals surface area (Å²) in [5.41, 5.74) is 4.50. The number of anilines is 2. The first-order chi connectivity index (χ1) is 12.8. The third-order valence-electron chi connectivity index (χ3n) is 4.21. The highest BCUT2D eigenvalue weighted by Crippen LogP contribution is 2.25. The minimum atomic E-state index is 0.573. The molecule has 0 bridgehead atoms. The number of aryl methyl sites for hydroxylation is 1. The summed E-state index contributed by atoms with van der Waals surface area (Å²) in [6.45, 7) is 1.96. The molecule has 7 heteroatoms. The van der Waals surface area contributed by atoms with E-state index in [0.29, 0.717) is 5.82 Å². The van der Waals surface area contributed by atoms with Crippen molar-refractivity contribution >= 4 is 27.9 Å². The molecule has 0 saturated carbocycles. The fraction of sp³-hybridized carbons (Fsp3) is 0.0526. The molecular weight excluding hydrogens is 326 g/mol. The van der Waals surface area contributed by atoms with Crippen LogP contribution in [0.4, 0.5) is 11.5 Å². The van der Waals surface area contributed by atoms with Crippen molar-refractivity contribution in [2.45, 2.75) is 6.92 Å². The van der Waals surface area contributed by atoms with Crippen molar-refractivity contribution in [2.24, 2.45) is 0 Å². The van der Waals surface area contributed by atoms with Crippen LogP contribution in [0.25, 0.3) is 27.9 Å². The van der Waals surface area contributed by atoms with Crippen molar-refractivity contribution in [3.8, 4) is 11.5 Å². The van der Waals surface area contributed by atoms with Gasteiger partial charge in [0.25, 0.3) is 0 Å². The zero-order valence-corrected chi connectivity index (χ0v) is 14.0. The summed E-state index contributed by atoms with van der Waals surface area (Å²) < 4.78 is 1.81. The average Bonchev–Trinajstić information content (AvgIpc) is 3.30. The van der Waals surface area contributed by atoms with Crippen LogP contribution in [-0.2, 0) is 0 Å². The Morgan fingerprint density at radius 1 is 1.04 bits per heavy atom. The van der Waals surface area contributed by atoms with Gasteiger partial charge in [0.05, 0.1) is 11.7 Å². The number of aromatic nitrogens is 6. The van der Waals surface area contributed by atoms with E-state index in [1.807, 2.05) is 66.2 Å². The topological polar surface area (TPSA) is 83.8 Å². The molecule has 0 amide bonds. The first-order valence-corrected chi connectivity index (χ1v) is 8.26. The Balaban J connectivity index is 1.62. The molecule has 0 unspecified atom stereocenters. The fourth-order valence-corrected chi connectivity index (χ4v) is 2.96. The summed E-state index contributed by atoms with van der Waals surface area (Å²) in [7, 11) is 0. The highest BCUT2D eigenvalue weighted by atomic mass is 15.3. The number of benzene rings is 1. The lowest BCUT2D eigenvalue weighted by molar-refractivity contribution is 0.908. The largest absolute Gasteiger partial charge is 0.338 e. The summed E-state index contributed by atoms with van der Waals surface area (Å²) in [5, 5.41) is 16.0. The van der Waals surface area contributed by atoms with Crippen molar-refractivity contribution in [3.05, 3.63) is 66.6 Å². The zero-order chi connectivity index (χ0) is 17.5. The summed E-state index contributed by atoms with van der Waals surface area (Å²) in [6.07, 6.45) is 3.70. The Labute approximate surface area is 148 Å². The van der Waals surface area contributed by atoms with Gasteiger partial charge in [-0.1, -0.05) is 6.07 Å². The van der Waals surface area contributed by atoms with E-state index in [4.69, 9.17) is 4.98 Å². The van der Waals surface area contributed by atoms with Gasteiger partial charge in [-0.05, 0) is 49.4 Å². The lowest BCUT2D eigenvalue weighted by Gasteiger charge is -2.10. The molecule has 5 aromatic rings. The van der Waals surface area contributed by atoms with Crippen LogP contribution >= 0.6 is 0 Å².